The second-order valence-corrected chi connectivity index (χ2v) is 8.36. The Morgan fingerprint density at radius 1 is 1.00 bits per heavy atom. The first-order chi connectivity index (χ1) is 14.5. The summed E-state index contributed by atoms with van der Waals surface area (Å²) in [4.78, 5) is 27.2. The van der Waals surface area contributed by atoms with Gasteiger partial charge in [0.1, 0.15) is 5.75 Å². The highest BCUT2D eigenvalue weighted by Gasteiger charge is 2.33. The van der Waals surface area contributed by atoms with Gasteiger partial charge >= 0.3 is 5.97 Å². The second kappa shape index (κ2) is 8.65. The Balaban J connectivity index is 1.48. The minimum Gasteiger partial charge on any atom is -0.423 e. The molecule has 6 heteroatoms. The van der Waals surface area contributed by atoms with Crippen molar-refractivity contribution in [1.82, 2.24) is 0 Å². The van der Waals surface area contributed by atoms with Crippen molar-refractivity contribution in [2.75, 3.05) is 4.90 Å². The van der Waals surface area contributed by atoms with Gasteiger partial charge in [0.15, 0.2) is 4.32 Å². The fourth-order valence-corrected chi connectivity index (χ4v) is 4.29. The number of carbonyl (C=O) groups excluding carboxylic acids is 2. The van der Waals surface area contributed by atoms with Crippen LogP contribution in [-0.4, -0.2) is 16.2 Å². The molecule has 1 fully saturated rings. The molecule has 1 aliphatic rings. The van der Waals surface area contributed by atoms with E-state index in [1.165, 1.54) is 16.7 Å². The summed E-state index contributed by atoms with van der Waals surface area (Å²) in [5.41, 5.74) is 3.07. The van der Waals surface area contributed by atoms with Crippen molar-refractivity contribution in [3.8, 4) is 5.75 Å². The summed E-state index contributed by atoms with van der Waals surface area (Å²) >= 11 is 6.65. The number of ether oxygens (including phenoxy) is 1. The lowest BCUT2D eigenvalue weighted by molar-refractivity contribution is -0.113. The van der Waals surface area contributed by atoms with E-state index >= 15 is 0 Å². The molecular formula is C24H17NO3S2. The number of hydrogen-bond donors (Lipinski definition) is 0. The van der Waals surface area contributed by atoms with Crippen LogP contribution in [0, 0.1) is 6.92 Å². The number of benzene rings is 3. The number of aryl methyl sites for hydroxylation is 1. The number of thiocarbonyl (C=S) groups is 1. The summed E-state index contributed by atoms with van der Waals surface area (Å²) in [5.74, 6) is -0.114. The summed E-state index contributed by atoms with van der Waals surface area (Å²) in [5, 5.41) is 0. The van der Waals surface area contributed by atoms with E-state index in [1.54, 1.807) is 42.5 Å². The summed E-state index contributed by atoms with van der Waals surface area (Å²) in [6.45, 7) is 1.92. The van der Waals surface area contributed by atoms with Gasteiger partial charge in [-0.15, -0.1) is 0 Å². The fraction of sp³-hybridized carbons (Fsp3) is 0.0417. The Bertz CT molecular complexity index is 1150. The SMILES string of the molecule is Cc1cccc(C(=O)Oc2ccc(C=C3SC(=S)N(c4ccccc4)C3=O)cc2)c1. The third-order valence-corrected chi connectivity index (χ3v) is 5.75. The van der Waals surface area contributed by atoms with Crippen LogP contribution in [0.15, 0.2) is 83.8 Å². The van der Waals surface area contributed by atoms with E-state index in [4.69, 9.17) is 17.0 Å². The Morgan fingerprint density at radius 3 is 2.43 bits per heavy atom. The number of esters is 1. The number of para-hydroxylation sites is 1. The molecule has 1 heterocycles. The molecule has 0 spiro atoms. The molecule has 0 radical (unpaired) electrons. The lowest BCUT2D eigenvalue weighted by Gasteiger charge is -2.13. The zero-order valence-electron chi connectivity index (χ0n) is 16.1. The largest absolute Gasteiger partial charge is 0.423 e. The van der Waals surface area contributed by atoms with Gasteiger partial charge in [0, 0.05) is 0 Å². The van der Waals surface area contributed by atoms with Gasteiger partial charge in [-0.3, -0.25) is 9.69 Å². The zero-order valence-corrected chi connectivity index (χ0v) is 17.7. The Hall–Kier alpha value is -3.22. The molecule has 3 aromatic rings. The van der Waals surface area contributed by atoms with Gasteiger partial charge in [0.2, 0.25) is 0 Å². The van der Waals surface area contributed by atoms with Crippen molar-refractivity contribution in [1.29, 1.82) is 0 Å². The third kappa shape index (κ3) is 4.35. The second-order valence-electron chi connectivity index (χ2n) is 6.68. The number of anilines is 1. The summed E-state index contributed by atoms with van der Waals surface area (Å²) in [6.07, 6.45) is 1.79. The van der Waals surface area contributed by atoms with Gasteiger partial charge in [-0.05, 0) is 55.0 Å². The maximum atomic E-state index is 12.8. The average Bonchev–Trinajstić information content (AvgIpc) is 3.03. The minimum absolute atomic E-state index is 0.147. The molecule has 0 unspecified atom stereocenters. The van der Waals surface area contributed by atoms with E-state index in [2.05, 4.69) is 0 Å². The van der Waals surface area contributed by atoms with Crippen molar-refractivity contribution in [2.24, 2.45) is 0 Å². The number of thioether (sulfide) groups is 1. The fourth-order valence-electron chi connectivity index (χ4n) is 2.99. The highest BCUT2D eigenvalue weighted by atomic mass is 32.2. The van der Waals surface area contributed by atoms with Crippen molar-refractivity contribution in [3.05, 3.63) is 100 Å². The molecular weight excluding hydrogens is 414 g/mol. The van der Waals surface area contributed by atoms with Crippen LogP contribution in [0.3, 0.4) is 0 Å². The molecule has 148 valence electrons. The Kier molecular flexibility index (Phi) is 5.79. The number of nitrogens with zero attached hydrogens (tertiary/aromatic N) is 1. The van der Waals surface area contributed by atoms with Gasteiger partial charge in [-0.25, -0.2) is 4.79 Å². The minimum atomic E-state index is -0.407. The summed E-state index contributed by atoms with van der Waals surface area (Å²) < 4.78 is 5.93. The van der Waals surface area contributed by atoms with E-state index in [9.17, 15) is 9.59 Å². The molecule has 30 heavy (non-hydrogen) atoms. The number of carbonyl (C=O) groups is 2. The first-order valence-corrected chi connectivity index (χ1v) is 10.5. The van der Waals surface area contributed by atoms with E-state index in [-0.39, 0.29) is 5.91 Å². The Morgan fingerprint density at radius 2 is 1.73 bits per heavy atom. The van der Waals surface area contributed by atoms with E-state index in [0.29, 0.717) is 20.5 Å². The first kappa shape index (κ1) is 20.1. The van der Waals surface area contributed by atoms with Gasteiger partial charge in [-0.2, -0.15) is 0 Å². The van der Waals surface area contributed by atoms with Crippen molar-refractivity contribution in [2.45, 2.75) is 6.92 Å². The van der Waals surface area contributed by atoms with Crippen LogP contribution in [0.1, 0.15) is 21.5 Å². The molecule has 0 aliphatic carbocycles. The molecule has 0 aromatic heterocycles. The quantitative estimate of drug-likeness (QED) is 0.232. The molecule has 0 N–H and O–H groups in total. The highest BCUT2D eigenvalue weighted by molar-refractivity contribution is 8.27. The molecule has 3 aromatic carbocycles. The number of hydrogen-bond acceptors (Lipinski definition) is 5. The molecule has 0 bridgehead atoms. The van der Waals surface area contributed by atoms with Gasteiger partial charge in [0.05, 0.1) is 16.2 Å². The normalized spacial score (nSPS) is 15.0. The summed E-state index contributed by atoms with van der Waals surface area (Å²) in [7, 11) is 0. The van der Waals surface area contributed by atoms with Crippen LogP contribution in [0.2, 0.25) is 0 Å². The molecule has 1 amide bonds. The lowest BCUT2D eigenvalue weighted by atomic mass is 10.1. The van der Waals surface area contributed by atoms with Crippen LogP contribution in [-0.2, 0) is 4.79 Å². The predicted molar refractivity (Wildman–Crippen MR) is 125 cm³/mol. The van der Waals surface area contributed by atoms with Gasteiger partial charge < -0.3 is 4.74 Å². The smallest absolute Gasteiger partial charge is 0.343 e. The average molecular weight is 432 g/mol. The van der Waals surface area contributed by atoms with Crippen molar-refractivity contribution < 1.29 is 14.3 Å². The maximum absolute atomic E-state index is 12.8. The maximum Gasteiger partial charge on any atom is 0.343 e. The van der Waals surface area contributed by atoms with E-state index < -0.39 is 5.97 Å². The molecule has 1 saturated heterocycles. The predicted octanol–water partition coefficient (Wildman–Crippen LogP) is 5.62. The molecule has 4 nitrogen and oxygen atoms in total. The van der Waals surface area contributed by atoms with Crippen LogP contribution in [0.25, 0.3) is 6.08 Å². The monoisotopic (exact) mass is 431 g/mol. The van der Waals surface area contributed by atoms with E-state index in [0.717, 1.165) is 16.8 Å². The Labute approximate surface area is 184 Å². The van der Waals surface area contributed by atoms with Crippen LogP contribution < -0.4 is 9.64 Å². The van der Waals surface area contributed by atoms with Crippen LogP contribution in [0.4, 0.5) is 5.69 Å². The molecule has 0 saturated carbocycles. The van der Waals surface area contributed by atoms with Crippen molar-refractivity contribution >= 4 is 51.9 Å². The topological polar surface area (TPSA) is 46.6 Å². The van der Waals surface area contributed by atoms with Crippen molar-refractivity contribution in [3.63, 3.8) is 0 Å². The lowest BCUT2D eigenvalue weighted by Crippen LogP contribution is -2.27. The highest BCUT2D eigenvalue weighted by Crippen LogP contribution is 2.36. The first-order valence-electron chi connectivity index (χ1n) is 9.23. The number of amides is 1. The molecule has 1 aliphatic heterocycles. The standard InChI is InChI=1S/C24H17NO3S2/c1-16-6-5-7-18(14-16)23(27)28-20-12-10-17(11-13-20)15-21-22(26)25(24(29)30-21)19-8-3-2-4-9-19/h2-15H,1H3. The van der Waals surface area contributed by atoms with Gasteiger partial charge in [0.25, 0.3) is 5.91 Å². The number of rotatable bonds is 4. The third-order valence-electron chi connectivity index (χ3n) is 4.45. The molecule has 0 atom stereocenters. The molecule has 4 rings (SSSR count). The van der Waals surface area contributed by atoms with E-state index in [1.807, 2.05) is 49.4 Å². The van der Waals surface area contributed by atoms with Gasteiger partial charge in [-0.1, -0.05) is 72.0 Å². The van der Waals surface area contributed by atoms with Crippen LogP contribution in [0.5, 0.6) is 5.75 Å². The zero-order chi connectivity index (χ0) is 21.1. The van der Waals surface area contributed by atoms with Crippen LogP contribution >= 0.6 is 24.0 Å². The summed E-state index contributed by atoms with van der Waals surface area (Å²) in [6, 6.07) is 23.6.